The SMILES string of the molecule is CCOC(=O)N1c2ccc(C(F)(F)F)cc2[C@@H](Nc2ncc(NC(C)CC(=O)O)c(Cc3cc(C(F)(F)F)cc(C(F)(F)F)c3)n2)C[C@H]1CC. The molecule has 1 aliphatic rings. The van der Waals surface area contributed by atoms with E-state index in [1.54, 1.807) is 13.8 Å². The molecule has 0 saturated carbocycles. The topological polar surface area (TPSA) is 117 Å². The van der Waals surface area contributed by atoms with E-state index in [4.69, 9.17) is 4.74 Å². The van der Waals surface area contributed by atoms with Gasteiger partial charge in [-0.1, -0.05) is 6.92 Å². The number of ether oxygens (including phenoxy) is 1. The average Bonchev–Trinajstić information content (AvgIpc) is 3.00. The van der Waals surface area contributed by atoms with Crippen LogP contribution in [0.1, 0.15) is 79.6 Å². The maximum atomic E-state index is 13.8. The molecule has 0 spiro atoms. The average molecular weight is 722 g/mol. The lowest BCUT2D eigenvalue weighted by Gasteiger charge is -2.40. The summed E-state index contributed by atoms with van der Waals surface area (Å²) in [7, 11) is 0. The van der Waals surface area contributed by atoms with Gasteiger partial charge in [0.15, 0.2) is 0 Å². The third-order valence-corrected chi connectivity index (χ3v) is 7.87. The molecule has 3 N–H and O–H groups in total. The fourth-order valence-electron chi connectivity index (χ4n) is 5.65. The van der Waals surface area contributed by atoms with Crippen molar-refractivity contribution in [3.8, 4) is 0 Å². The number of carboxylic acid groups (broad SMARTS) is 1. The zero-order chi connectivity index (χ0) is 37.2. The molecule has 0 saturated heterocycles. The van der Waals surface area contributed by atoms with Gasteiger partial charge in [-0.2, -0.15) is 39.5 Å². The second-order valence-electron chi connectivity index (χ2n) is 11.6. The zero-order valence-corrected chi connectivity index (χ0v) is 26.7. The number of hydrogen-bond donors (Lipinski definition) is 3. The number of carboxylic acids is 1. The van der Waals surface area contributed by atoms with E-state index in [2.05, 4.69) is 20.6 Å². The van der Waals surface area contributed by atoms with E-state index >= 15 is 0 Å². The van der Waals surface area contributed by atoms with Gasteiger partial charge in [-0.15, -0.1) is 0 Å². The first-order chi connectivity index (χ1) is 23.2. The van der Waals surface area contributed by atoms with E-state index in [9.17, 15) is 54.2 Å². The van der Waals surface area contributed by atoms with Crippen molar-refractivity contribution in [2.24, 2.45) is 0 Å². The summed E-state index contributed by atoms with van der Waals surface area (Å²) in [6.07, 6.45) is -15.3. The largest absolute Gasteiger partial charge is 0.481 e. The van der Waals surface area contributed by atoms with E-state index in [1.165, 1.54) is 11.8 Å². The predicted octanol–water partition coefficient (Wildman–Crippen LogP) is 8.70. The molecular formula is C32H32F9N5O4. The molecule has 3 atom stereocenters. The molecule has 0 radical (unpaired) electrons. The van der Waals surface area contributed by atoms with Crippen LogP contribution in [0.3, 0.4) is 0 Å². The zero-order valence-electron chi connectivity index (χ0n) is 26.7. The van der Waals surface area contributed by atoms with Crippen LogP contribution in [-0.2, 0) is 34.5 Å². The molecule has 18 heteroatoms. The van der Waals surface area contributed by atoms with Gasteiger partial charge in [0.2, 0.25) is 5.95 Å². The van der Waals surface area contributed by atoms with E-state index in [0.29, 0.717) is 18.6 Å². The second kappa shape index (κ2) is 14.6. The Morgan fingerprint density at radius 1 is 0.960 bits per heavy atom. The van der Waals surface area contributed by atoms with Gasteiger partial charge in [-0.05, 0) is 74.2 Å². The first-order valence-electron chi connectivity index (χ1n) is 15.3. The fourth-order valence-corrected chi connectivity index (χ4v) is 5.65. The molecule has 0 fully saturated rings. The molecular weight excluding hydrogens is 689 g/mol. The third kappa shape index (κ3) is 9.06. The minimum atomic E-state index is -5.12. The van der Waals surface area contributed by atoms with Crippen molar-refractivity contribution in [2.75, 3.05) is 22.1 Å². The first kappa shape index (κ1) is 38.0. The van der Waals surface area contributed by atoms with Crippen LogP contribution in [0.15, 0.2) is 42.6 Å². The van der Waals surface area contributed by atoms with Crippen molar-refractivity contribution in [1.82, 2.24) is 9.97 Å². The molecule has 3 aromatic rings. The summed E-state index contributed by atoms with van der Waals surface area (Å²) in [6.45, 7) is 4.79. The number of benzene rings is 2. The van der Waals surface area contributed by atoms with E-state index in [-0.39, 0.29) is 47.7 Å². The molecule has 272 valence electrons. The van der Waals surface area contributed by atoms with Crippen molar-refractivity contribution >= 4 is 29.4 Å². The van der Waals surface area contributed by atoms with Gasteiger partial charge < -0.3 is 20.5 Å². The number of halogens is 9. The van der Waals surface area contributed by atoms with Gasteiger partial charge in [0, 0.05) is 18.5 Å². The monoisotopic (exact) mass is 721 g/mol. The van der Waals surface area contributed by atoms with Crippen LogP contribution >= 0.6 is 0 Å². The van der Waals surface area contributed by atoms with Crippen molar-refractivity contribution in [1.29, 1.82) is 0 Å². The lowest BCUT2D eigenvalue weighted by molar-refractivity contribution is -0.143. The smallest absolute Gasteiger partial charge is 0.416 e. The van der Waals surface area contributed by atoms with E-state index < -0.39 is 83.8 Å². The Balaban J connectivity index is 1.81. The number of nitrogens with zero attached hydrogens (tertiary/aromatic N) is 3. The quantitative estimate of drug-likeness (QED) is 0.178. The van der Waals surface area contributed by atoms with Crippen LogP contribution in [0, 0.1) is 0 Å². The number of rotatable bonds is 10. The fraction of sp³-hybridized carbons (Fsp3) is 0.438. The van der Waals surface area contributed by atoms with Crippen LogP contribution in [-0.4, -0.2) is 45.8 Å². The minimum absolute atomic E-state index is 0.00130. The number of carbonyl (C=O) groups excluding carboxylic acids is 1. The van der Waals surface area contributed by atoms with Gasteiger partial charge in [-0.25, -0.2) is 14.8 Å². The van der Waals surface area contributed by atoms with Crippen molar-refractivity contribution in [3.63, 3.8) is 0 Å². The van der Waals surface area contributed by atoms with E-state index in [1.807, 2.05) is 0 Å². The maximum absolute atomic E-state index is 13.8. The highest BCUT2D eigenvalue weighted by molar-refractivity contribution is 5.90. The number of alkyl halides is 9. The molecule has 1 unspecified atom stereocenters. The number of hydrogen-bond acceptors (Lipinski definition) is 7. The van der Waals surface area contributed by atoms with Crippen molar-refractivity contribution < 1.29 is 58.9 Å². The van der Waals surface area contributed by atoms with E-state index in [0.717, 1.165) is 24.4 Å². The van der Waals surface area contributed by atoms with Gasteiger partial charge in [0.05, 0.1) is 59.0 Å². The third-order valence-electron chi connectivity index (χ3n) is 7.87. The first-order valence-corrected chi connectivity index (χ1v) is 15.3. The molecule has 9 nitrogen and oxygen atoms in total. The second-order valence-corrected chi connectivity index (χ2v) is 11.6. The Morgan fingerprint density at radius 3 is 2.12 bits per heavy atom. The Hall–Kier alpha value is -4.77. The van der Waals surface area contributed by atoms with Gasteiger partial charge in [-0.3, -0.25) is 9.69 Å². The molecule has 4 rings (SSSR count). The number of amides is 1. The molecule has 2 aromatic carbocycles. The van der Waals surface area contributed by atoms with Gasteiger partial charge >= 0.3 is 30.6 Å². The Morgan fingerprint density at radius 2 is 1.58 bits per heavy atom. The highest BCUT2D eigenvalue weighted by atomic mass is 19.4. The lowest BCUT2D eigenvalue weighted by Crippen LogP contribution is -2.46. The van der Waals surface area contributed by atoms with Gasteiger partial charge in [0.25, 0.3) is 0 Å². The van der Waals surface area contributed by atoms with Crippen LogP contribution in [0.5, 0.6) is 0 Å². The van der Waals surface area contributed by atoms with Crippen LogP contribution in [0.2, 0.25) is 0 Å². The molecule has 0 bridgehead atoms. The Kier molecular flexibility index (Phi) is 11.1. The summed E-state index contributed by atoms with van der Waals surface area (Å²) < 4.78 is 128. The summed E-state index contributed by atoms with van der Waals surface area (Å²) in [5, 5.41) is 14.9. The van der Waals surface area contributed by atoms with Crippen LogP contribution in [0.25, 0.3) is 0 Å². The van der Waals surface area contributed by atoms with Crippen molar-refractivity contribution in [3.05, 3.63) is 76.1 Å². The number of aromatic nitrogens is 2. The molecule has 1 amide bonds. The van der Waals surface area contributed by atoms with Crippen LogP contribution in [0.4, 0.5) is 61.6 Å². The number of anilines is 3. The highest BCUT2D eigenvalue weighted by Gasteiger charge is 2.40. The Labute approximate surface area is 279 Å². The summed E-state index contributed by atoms with van der Waals surface area (Å²) in [6, 6.07) is 1.54. The summed E-state index contributed by atoms with van der Waals surface area (Å²) >= 11 is 0. The van der Waals surface area contributed by atoms with Gasteiger partial charge in [0.1, 0.15) is 0 Å². The number of aliphatic carboxylic acids is 1. The molecule has 0 aliphatic carbocycles. The van der Waals surface area contributed by atoms with Crippen LogP contribution < -0.4 is 15.5 Å². The predicted molar refractivity (Wildman–Crippen MR) is 163 cm³/mol. The molecule has 1 aliphatic heterocycles. The van der Waals surface area contributed by atoms with Crippen molar-refractivity contribution in [2.45, 2.75) is 83.1 Å². The number of fused-ring (bicyclic) bond motifs is 1. The minimum Gasteiger partial charge on any atom is -0.481 e. The summed E-state index contributed by atoms with van der Waals surface area (Å²) in [5.41, 5.74) is -4.53. The highest BCUT2D eigenvalue weighted by Crippen LogP contribution is 2.43. The lowest BCUT2D eigenvalue weighted by atomic mass is 9.89. The Bertz CT molecular complexity index is 1680. The molecule has 2 heterocycles. The molecule has 50 heavy (non-hydrogen) atoms. The molecule has 1 aromatic heterocycles. The number of carbonyl (C=O) groups is 2. The number of nitrogens with one attached hydrogen (secondary N) is 2. The standard InChI is InChI=1S/C32H32F9N5O4/c1-4-21-14-23(22-13-18(30(33,34)35)6-7-26(22)46(21)29(49)50-5-2)44-28-42-15-25(43-16(3)8-27(47)48)24(45-28)11-17-9-19(31(36,37)38)12-20(10-17)32(39,40)41/h6-7,9-10,12-13,15-16,21,23,43H,4-5,8,11,14H2,1-3H3,(H,47,48)(H,42,44,45)/t16?,21-,23+/m1/s1. The maximum Gasteiger partial charge on any atom is 0.416 e. The normalized spacial score (nSPS) is 17.2. The summed E-state index contributed by atoms with van der Waals surface area (Å²) in [4.78, 5) is 33.9. The summed E-state index contributed by atoms with van der Waals surface area (Å²) in [5.74, 6) is -1.44.